The number of imide groups is 1. The number of amides is 3. The topological polar surface area (TPSA) is 40.6 Å². The number of fused-ring (bicyclic) bond motifs is 3. The zero-order valence-electron chi connectivity index (χ0n) is 10.6. The van der Waals surface area contributed by atoms with Crippen LogP contribution in [0.25, 0.3) is 0 Å². The first-order valence-corrected chi connectivity index (χ1v) is 6.32. The minimum atomic E-state index is -0.398. The Bertz CT molecular complexity index is 524. The second-order valence-electron chi connectivity index (χ2n) is 5.13. The van der Waals surface area contributed by atoms with Crippen LogP contribution in [0.3, 0.4) is 0 Å². The van der Waals surface area contributed by atoms with E-state index in [-0.39, 0.29) is 18.0 Å². The van der Waals surface area contributed by atoms with E-state index in [2.05, 4.69) is 0 Å². The fourth-order valence-corrected chi connectivity index (χ4v) is 2.88. The average Bonchev–Trinajstić information content (AvgIpc) is 2.62. The minimum absolute atomic E-state index is 0.0808. The van der Waals surface area contributed by atoms with E-state index in [1.165, 1.54) is 10.5 Å². The molecule has 0 saturated carbocycles. The van der Waals surface area contributed by atoms with Crippen molar-refractivity contribution in [3.63, 3.8) is 0 Å². The third-order valence-electron chi connectivity index (χ3n) is 3.72. The van der Waals surface area contributed by atoms with Gasteiger partial charge in [0.25, 0.3) is 5.91 Å². The van der Waals surface area contributed by atoms with E-state index < -0.39 is 6.04 Å². The summed E-state index contributed by atoms with van der Waals surface area (Å²) in [5, 5.41) is 0. The van der Waals surface area contributed by atoms with Crippen LogP contribution >= 0.6 is 0 Å². The Morgan fingerprint density at radius 3 is 2.67 bits per heavy atom. The van der Waals surface area contributed by atoms with Gasteiger partial charge in [-0.2, -0.15) is 0 Å². The Hall–Kier alpha value is -1.84. The first-order valence-electron chi connectivity index (χ1n) is 6.32. The molecule has 3 amide bonds. The second-order valence-corrected chi connectivity index (χ2v) is 5.13. The highest BCUT2D eigenvalue weighted by atomic mass is 16.2. The molecule has 1 fully saturated rings. The first-order chi connectivity index (χ1) is 8.61. The quantitative estimate of drug-likeness (QED) is 0.708. The number of nitrogens with zero attached hydrogens (tertiary/aromatic N) is 2. The van der Waals surface area contributed by atoms with Crippen molar-refractivity contribution in [3.8, 4) is 0 Å². The maximum Gasteiger partial charge on any atom is 0.327 e. The summed E-state index contributed by atoms with van der Waals surface area (Å²) >= 11 is 0. The predicted molar refractivity (Wildman–Crippen MR) is 67.0 cm³/mol. The summed E-state index contributed by atoms with van der Waals surface area (Å²) in [7, 11) is 0. The SMILES string of the molecule is CC(C)N1C(=O)C2c3ccccc3CCN2C1=O. The predicted octanol–water partition coefficient (Wildman–Crippen LogP) is 1.96. The maximum absolute atomic E-state index is 12.4. The van der Waals surface area contributed by atoms with Crippen molar-refractivity contribution in [1.29, 1.82) is 0 Å². The largest absolute Gasteiger partial charge is 0.327 e. The van der Waals surface area contributed by atoms with E-state index in [1.54, 1.807) is 4.90 Å². The number of carbonyl (C=O) groups is 2. The zero-order chi connectivity index (χ0) is 12.9. The fraction of sp³-hybridized carbons (Fsp3) is 0.429. The molecule has 1 saturated heterocycles. The smallest absolute Gasteiger partial charge is 0.308 e. The van der Waals surface area contributed by atoms with E-state index in [9.17, 15) is 9.59 Å². The molecule has 0 aromatic heterocycles. The van der Waals surface area contributed by atoms with E-state index in [4.69, 9.17) is 0 Å². The molecule has 0 N–H and O–H groups in total. The standard InChI is InChI=1S/C14H16N2O2/c1-9(2)16-13(17)12-11-6-4-3-5-10(11)7-8-15(12)14(16)18/h3-6,9,12H,7-8H2,1-2H3. The van der Waals surface area contributed by atoms with Gasteiger partial charge in [-0.05, 0) is 31.4 Å². The molecule has 0 spiro atoms. The molecule has 1 unspecified atom stereocenters. The Morgan fingerprint density at radius 2 is 1.94 bits per heavy atom. The van der Waals surface area contributed by atoms with Gasteiger partial charge in [0.15, 0.2) is 0 Å². The normalized spacial score (nSPS) is 22.5. The molecular weight excluding hydrogens is 228 g/mol. The van der Waals surface area contributed by atoms with Crippen LogP contribution in [-0.4, -0.2) is 34.3 Å². The number of carbonyl (C=O) groups excluding carboxylic acids is 2. The molecule has 4 nitrogen and oxygen atoms in total. The van der Waals surface area contributed by atoms with Crippen molar-refractivity contribution < 1.29 is 9.59 Å². The molecule has 2 aliphatic rings. The molecule has 1 atom stereocenters. The lowest BCUT2D eigenvalue weighted by Crippen LogP contribution is -2.39. The molecule has 18 heavy (non-hydrogen) atoms. The Balaban J connectivity index is 2.07. The van der Waals surface area contributed by atoms with Crippen molar-refractivity contribution >= 4 is 11.9 Å². The van der Waals surface area contributed by atoms with Gasteiger partial charge in [-0.1, -0.05) is 24.3 Å². The zero-order valence-corrected chi connectivity index (χ0v) is 10.6. The third kappa shape index (κ3) is 1.38. The highest BCUT2D eigenvalue weighted by Crippen LogP contribution is 2.37. The lowest BCUT2D eigenvalue weighted by molar-refractivity contribution is -0.129. The van der Waals surface area contributed by atoms with Crippen LogP contribution in [0.2, 0.25) is 0 Å². The third-order valence-corrected chi connectivity index (χ3v) is 3.72. The second kappa shape index (κ2) is 3.83. The highest BCUT2D eigenvalue weighted by Gasteiger charge is 2.48. The maximum atomic E-state index is 12.4. The van der Waals surface area contributed by atoms with E-state index in [0.29, 0.717) is 6.54 Å². The van der Waals surface area contributed by atoms with Gasteiger partial charge in [0.05, 0.1) is 0 Å². The number of hydrogen-bond acceptors (Lipinski definition) is 2. The molecule has 2 heterocycles. The van der Waals surface area contributed by atoms with Crippen LogP contribution in [-0.2, 0) is 11.2 Å². The lowest BCUT2D eigenvalue weighted by Gasteiger charge is -2.28. The van der Waals surface area contributed by atoms with Gasteiger partial charge in [-0.25, -0.2) is 4.79 Å². The van der Waals surface area contributed by atoms with Crippen molar-refractivity contribution in [3.05, 3.63) is 35.4 Å². The molecule has 0 aliphatic carbocycles. The van der Waals surface area contributed by atoms with Gasteiger partial charge in [0.2, 0.25) is 0 Å². The van der Waals surface area contributed by atoms with Crippen LogP contribution in [0.5, 0.6) is 0 Å². The van der Waals surface area contributed by atoms with Crippen LogP contribution in [0.4, 0.5) is 4.79 Å². The van der Waals surface area contributed by atoms with Crippen molar-refractivity contribution in [2.24, 2.45) is 0 Å². The van der Waals surface area contributed by atoms with Crippen molar-refractivity contribution in [2.45, 2.75) is 32.4 Å². The van der Waals surface area contributed by atoms with Crippen LogP contribution in [0.15, 0.2) is 24.3 Å². The summed E-state index contributed by atoms with van der Waals surface area (Å²) in [6.07, 6.45) is 0.831. The Morgan fingerprint density at radius 1 is 1.22 bits per heavy atom. The van der Waals surface area contributed by atoms with Gasteiger partial charge in [-0.3, -0.25) is 9.69 Å². The molecule has 4 heteroatoms. The molecule has 1 aromatic rings. The van der Waals surface area contributed by atoms with E-state index in [1.807, 2.05) is 38.1 Å². The number of hydrogen-bond donors (Lipinski definition) is 0. The first kappa shape index (κ1) is 11.3. The van der Waals surface area contributed by atoms with E-state index in [0.717, 1.165) is 12.0 Å². The van der Waals surface area contributed by atoms with Gasteiger partial charge >= 0.3 is 6.03 Å². The molecule has 94 valence electrons. The summed E-state index contributed by atoms with van der Waals surface area (Å²) in [6, 6.07) is 7.29. The van der Waals surface area contributed by atoms with E-state index >= 15 is 0 Å². The molecule has 2 aliphatic heterocycles. The molecule has 0 bridgehead atoms. The average molecular weight is 244 g/mol. The van der Waals surface area contributed by atoms with Gasteiger partial charge < -0.3 is 4.90 Å². The fourth-order valence-electron chi connectivity index (χ4n) is 2.88. The van der Waals surface area contributed by atoms with Crippen molar-refractivity contribution in [2.75, 3.05) is 6.54 Å². The summed E-state index contributed by atoms with van der Waals surface area (Å²) in [4.78, 5) is 27.7. The number of urea groups is 1. The Labute approximate surface area is 106 Å². The van der Waals surface area contributed by atoms with Gasteiger partial charge in [-0.15, -0.1) is 0 Å². The summed E-state index contributed by atoms with van der Waals surface area (Å²) in [6.45, 7) is 4.38. The molecule has 0 radical (unpaired) electrons. The summed E-state index contributed by atoms with van der Waals surface area (Å²) < 4.78 is 0. The molecule has 3 rings (SSSR count). The number of rotatable bonds is 1. The lowest BCUT2D eigenvalue weighted by atomic mass is 9.93. The van der Waals surface area contributed by atoms with Crippen LogP contribution in [0, 0.1) is 0 Å². The van der Waals surface area contributed by atoms with Gasteiger partial charge in [0, 0.05) is 12.6 Å². The van der Waals surface area contributed by atoms with Crippen LogP contribution < -0.4 is 0 Å². The summed E-state index contributed by atoms with van der Waals surface area (Å²) in [5.41, 5.74) is 2.18. The highest BCUT2D eigenvalue weighted by molar-refractivity contribution is 6.05. The summed E-state index contributed by atoms with van der Waals surface area (Å²) in [5.74, 6) is -0.0813. The molecule has 1 aromatic carbocycles. The number of benzene rings is 1. The van der Waals surface area contributed by atoms with Crippen molar-refractivity contribution in [1.82, 2.24) is 9.80 Å². The Kier molecular flexibility index (Phi) is 2.40. The monoisotopic (exact) mass is 244 g/mol. The van der Waals surface area contributed by atoms with Gasteiger partial charge in [0.1, 0.15) is 6.04 Å². The minimum Gasteiger partial charge on any atom is -0.308 e. The molecular formula is C14H16N2O2. The van der Waals surface area contributed by atoms with Crippen LogP contribution in [0.1, 0.15) is 31.0 Å².